The van der Waals surface area contributed by atoms with Crippen molar-refractivity contribution in [2.24, 2.45) is 0 Å². The summed E-state index contributed by atoms with van der Waals surface area (Å²) in [5, 5.41) is 12.1. The van der Waals surface area contributed by atoms with Crippen LogP contribution in [0.4, 0.5) is 13.2 Å². The minimum Gasteiger partial charge on any atom is -0.480 e. The highest BCUT2D eigenvalue weighted by molar-refractivity contribution is 6.30. The predicted octanol–water partition coefficient (Wildman–Crippen LogP) is 3.71. The Morgan fingerprint density at radius 3 is 2.31 bits per heavy atom. The van der Waals surface area contributed by atoms with Crippen molar-refractivity contribution in [1.82, 2.24) is 5.32 Å². The summed E-state index contributed by atoms with van der Waals surface area (Å²) in [5.74, 6) is -1.91. The van der Waals surface area contributed by atoms with Crippen LogP contribution < -0.4 is 5.32 Å². The van der Waals surface area contributed by atoms with E-state index in [0.717, 1.165) is 12.1 Å². The molecular weight excluding hydrogens is 371 g/mol. The van der Waals surface area contributed by atoms with Crippen molar-refractivity contribution < 1.29 is 27.9 Å². The fraction of sp³-hybridized carbons (Fsp3) is 0.222. The molecular formula is C18H15ClF3NO3. The van der Waals surface area contributed by atoms with E-state index < -0.39 is 29.7 Å². The average Bonchev–Trinajstić information content (AvgIpc) is 2.55. The molecule has 0 spiro atoms. The Balaban J connectivity index is 2.04. The molecule has 1 atom stereocenters. The zero-order valence-corrected chi connectivity index (χ0v) is 14.1. The maximum Gasteiger partial charge on any atom is 0.416 e. The Bertz CT molecular complexity index is 791. The quantitative estimate of drug-likeness (QED) is 0.796. The van der Waals surface area contributed by atoms with Gasteiger partial charge in [-0.15, -0.1) is 0 Å². The van der Waals surface area contributed by atoms with Crippen molar-refractivity contribution in [3.63, 3.8) is 0 Å². The summed E-state index contributed by atoms with van der Waals surface area (Å²) < 4.78 is 38.1. The van der Waals surface area contributed by atoms with Crippen molar-refractivity contribution in [2.75, 3.05) is 0 Å². The number of carbonyl (C=O) groups is 2. The van der Waals surface area contributed by atoms with Gasteiger partial charge in [-0.1, -0.05) is 41.9 Å². The minimum absolute atomic E-state index is 0.0286. The van der Waals surface area contributed by atoms with Gasteiger partial charge in [0.15, 0.2) is 0 Å². The summed E-state index contributed by atoms with van der Waals surface area (Å²) >= 11 is 5.76. The fourth-order valence-electron chi connectivity index (χ4n) is 2.34. The van der Waals surface area contributed by atoms with Gasteiger partial charge in [-0.2, -0.15) is 13.2 Å². The molecule has 0 bridgehead atoms. The van der Waals surface area contributed by atoms with Crippen molar-refractivity contribution >= 4 is 23.5 Å². The van der Waals surface area contributed by atoms with Gasteiger partial charge in [0.25, 0.3) is 0 Å². The molecule has 2 rings (SSSR count). The topological polar surface area (TPSA) is 66.4 Å². The summed E-state index contributed by atoms with van der Waals surface area (Å²) in [6.45, 7) is 0. The Morgan fingerprint density at radius 1 is 1.08 bits per heavy atom. The zero-order chi connectivity index (χ0) is 19.3. The lowest BCUT2D eigenvalue weighted by Gasteiger charge is -2.15. The zero-order valence-electron chi connectivity index (χ0n) is 13.4. The smallest absolute Gasteiger partial charge is 0.416 e. The number of aliphatic carboxylic acids is 1. The van der Waals surface area contributed by atoms with Gasteiger partial charge in [0, 0.05) is 11.4 Å². The third-order valence-electron chi connectivity index (χ3n) is 3.61. The second-order valence-corrected chi connectivity index (χ2v) is 6.10. The van der Waals surface area contributed by atoms with E-state index in [2.05, 4.69) is 5.32 Å². The Hall–Kier alpha value is -2.54. The van der Waals surface area contributed by atoms with Crippen LogP contribution in [0.3, 0.4) is 0 Å². The monoisotopic (exact) mass is 385 g/mol. The number of carboxylic acids is 1. The molecule has 138 valence electrons. The fourth-order valence-corrected chi connectivity index (χ4v) is 2.47. The molecule has 0 unspecified atom stereocenters. The van der Waals surface area contributed by atoms with E-state index in [0.29, 0.717) is 10.6 Å². The first-order valence-corrected chi connectivity index (χ1v) is 7.95. The van der Waals surface area contributed by atoms with E-state index in [4.69, 9.17) is 11.6 Å². The minimum atomic E-state index is -4.51. The van der Waals surface area contributed by atoms with Gasteiger partial charge in [-0.05, 0) is 29.3 Å². The molecule has 2 aromatic rings. The third-order valence-corrected chi connectivity index (χ3v) is 3.86. The molecule has 0 radical (unpaired) electrons. The number of hydrogen-bond donors (Lipinski definition) is 2. The number of carboxylic acid groups (broad SMARTS) is 1. The van der Waals surface area contributed by atoms with E-state index in [9.17, 15) is 27.9 Å². The summed E-state index contributed by atoms with van der Waals surface area (Å²) in [6.07, 6.45) is -4.83. The highest BCUT2D eigenvalue weighted by Crippen LogP contribution is 2.29. The Morgan fingerprint density at radius 2 is 1.73 bits per heavy atom. The molecule has 8 heteroatoms. The second kappa shape index (κ2) is 8.23. The van der Waals surface area contributed by atoms with Crippen LogP contribution in [-0.2, 0) is 28.6 Å². The van der Waals surface area contributed by atoms with Crippen LogP contribution in [0.2, 0.25) is 5.02 Å². The van der Waals surface area contributed by atoms with Gasteiger partial charge in [-0.25, -0.2) is 4.79 Å². The number of hydrogen-bond acceptors (Lipinski definition) is 2. The van der Waals surface area contributed by atoms with Crippen molar-refractivity contribution in [2.45, 2.75) is 25.1 Å². The first kappa shape index (κ1) is 19.8. The Labute approximate surface area is 152 Å². The lowest BCUT2D eigenvalue weighted by Crippen LogP contribution is -2.43. The maximum atomic E-state index is 12.7. The number of halogens is 4. The molecule has 0 aliphatic heterocycles. The normalized spacial score (nSPS) is 12.5. The number of nitrogens with one attached hydrogen (secondary N) is 1. The van der Waals surface area contributed by atoms with Crippen molar-refractivity contribution in [3.05, 3.63) is 70.2 Å². The number of alkyl halides is 3. The van der Waals surface area contributed by atoms with Gasteiger partial charge in [-0.3, -0.25) is 4.79 Å². The number of amides is 1. The van der Waals surface area contributed by atoms with Crippen LogP contribution >= 0.6 is 11.6 Å². The molecule has 4 nitrogen and oxygen atoms in total. The molecule has 2 aromatic carbocycles. The number of benzene rings is 2. The molecule has 2 N–H and O–H groups in total. The summed E-state index contributed by atoms with van der Waals surface area (Å²) in [4.78, 5) is 23.4. The predicted molar refractivity (Wildman–Crippen MR) is 89.9 cm³/mol. The molecule has 0 aromatic heterocycles. The standard InChI is InChI=1S/C18H15ClF3NO3/c19-14-6-4-11(5-7-14)9-15(17(25)26)23-16(24)10-12-2-1-3-13(8-12)18(20,21)22/h1-8,15H,9-10H2,(H,23,24)(H,25,26)/t15-/m1/s1. The van der Waals surface area contributed by atoms with E-state index >= 15 is 0 Å². The van der Waals surface area contributed by atoms with Gasteiger partial charge in [0.05, 0.1) is 12.0 Å². The molecule has 26 heavy (non-hydrogen) atoms. The van der Waals surface area contributed by atoms with Gasteiger partial charge in [0.2, 0.25) is 5.91 Å². The molecule has 0 saturated heterocycles. The van der Waals surface area contributed by atoms with Crippen LogP contribution in [0.25, 0.3) is 0 Å². The molecule has 0 fully saturated rings. The van der Waals surface area contributed by atoms with E-state index in [1.54, 1.807) is 24.3 Å². The largest absolute Gasteiger partial charge is 0.480 e. The van der Waals surface area contributed by atoms with Gasteiger partial charge in [0.1, 0.15) is 6.04 Å². The molecule has 0 aliphatic carbocycles. The summed E-state index contributed by atoms with van der Waals surface area (Å²) in [6, 6.07) is 9.62. The third kappa shape index (κ3) is 5.77. The van der Waals surface area contributed by atoms with Gasteiger partial charge < -0.3 is 10.4 Å². The molecule has 0 heterocycles. The molecule has 1 amide bonds. The SMILES string of the molecule is O=C(Cc1cccc(C(F)(F)F)c1)N[C@H](Cc1ccc(Cl)cc1)C(=O)O. The highest BCUT2D eigenvalue weighted by atomic mass is 35.5. The molecule has 0 saturated carbocycles. The lowest BCUT2D eigenvalue weighted by atomic mass is 10.0. The van der Waals surface area contributed by atoms with Gasteiger partial charge >= 0.3 is 12.1 Å². The first-order chi connectivity index (χ1) is 12.1. The van der Waals surface area contributed by atoms with Crippen molar-refractivity contribution in [3.8, 4) is 0 Å². The maximum absolute atomic E-state index is 12.7. The number of carbonyl (C=O) groups excluding carboxylic acids is 1. The van der Waals surface area contributed by atoms with Crippen molar-refractivity contribution in [1.29, 1.82) is 0 Å². The van der Waals surface area contributed by atoms with E-state index in [1.807, 2.05) is 0 Å². The van der Waals surface area contributed by atoms with Crippen LogP contribution in [0, 0.1) is 0 Å². The summed E-state index contributed by atoms with van der Waals surface area (Å²) in [5.41, 5.74) is -0.0622. The van der Waals surface area contributed by atoms with Crippen LogP contribution in [-0.4, -0.2) is 23.0 Å². The van der Waals surface area contributed by atoms with Crippen LogP contribution in [0.1, 0.15) is 16.7 Å². The van der Waals surface area contributed by atoms with E-state index in [1.165, 1.54) is 12.1 Å². The van der Waals surface area contributed by atoms with Crippen LogP contribution in [0.15, 0.2) is 48.5 Å². The summed E-state index contributed by atoms with van der Waals surface area (Å²) in [7, 11) is 0. The number of rotatable bonds is 6. The second-order valence-electron chi connectivity index (χ2n) is 5.66. The average molecular weight is 386 g/mol. The molecule has 0 aliphatic rings. The highest BCUT2D eigenvalue weighted by Gasteiger charge is 2.30. The van der Waals surface area contributed by atoms with Crippen LogP contribution in [0.5, 0.6) is 0 Å². The lowest BCUT2D eigenvalue weighted by molar-refractivity contribution is -0.141. The first-order valence-electron chi connectivity index (χ1n) is 7.58. The van der Waals surface area contributed by atoms with E-state index in [-0.39, 0.29) is 18.4 Å². The Kier molecular flexibility index (Phi) is 6.26.